The van der Waals surface area contributed by atoms with Gasteiger partial charge in [-0.05, 0) is 30.7 Å². The molecule has 0 aromatic heterocycles. The smallest absolute Gasteiger partial charge is 0.167 e. The highest BCUT2D eigenvalue weighted by molar-refractivity contribution is 5.64. The lowest BCUT2D eigenvalue weighted by Crippen LogP contribution is -1.92. The van der Waals surface area contributed by atoms with E-state index >= 15 is 0 Å². The molecule has 0 fully saturated rings. The van der Waals surface area contributed by atoms with E-state index in [2.05, 4.69) is 6.58 Å². The molecule has 0 N–H and O–H groups in total. The van der Waals surface area contributed by atoms with Crippen LogP contribution < -0.4 is 9.47 Å². The predicted molar refractivity (Wildman–Crippen MR) is 81.7 cm³/mol. The van der Waals surface area contributed by atoms with Crippen molar-refractivity contribution in [2.45, 2.75) is 6.92 Å². The number of rotatable bonds is 6. The van der Waals surface area contributed by atoms with Gasteiger partial charge in [0.05, 0.1) is 14.2 Å². The van der Waals surface area contributed by atoms with Gasteiger partial charge in [-0.2, -0.15) is 0 Å². The van der Waals surface area contributed by atoms with Gasteiger partial charge in [0.1, 0.15) is 5.83 Å². The molecule has 20 heavy (non-hydrogen) atoms. The van der Waals surface area contributed by atoms with Gasteiger partial charge >= 0.3 is 0 Å². The summed E-state index contributed by atoms with van der Waals surface area (Å²) in [4.78, 5) is 0. The molecule has 2 nitrogen and oxygen atoms in total. The Balaban J connectivity index is 3.01. The fraction of sp³-hybridized carbons (Fsp3) is 0.176. The lowest BCUT2D eigenvalue weighted by Gasteiger charge is -2.09. The van der Waals surface area contributed by atoms with Crippen molar-refractivity contribution < 1.29 is 13.9 Å². The van der Waals surface area contributed by atoms with Gasteiger partial charge in [0.15, 0.2) is 11.5 Å². The number of benzene rings is 1. The zero-order valence-corrected chi connectivity index (χ0v) is 12.0. The van der Waals surface area contributed by atoms with Crippen LogP contribution >= 0.6 is 0 Å². The van der Waals surface area contributed by atoms with Crippen molar-refractivity contribution in [3.63, 3.8) is 0 Å². The number of halogens is 1. The van der Waals surface area contributed by atoms with E-state index in [4.69, 9.17) is 9.47 Å². The maximum atomic E-state index is 13.3. The predicted octanol–water partition coefficient (Wildman–Crippen LogP) is 4.70. The highest BCUT2D eigenvalue weighted by atomic mass is 19.1. The summed E-state index contributed by atoms with van der Waals surface area (Å²) in [6.07, 6.45) is 7.82. The average molecular weight is 274 g/mol. The van der Waals surface area contributed by atoms with Crippen molar-refractivity contribution in [2.75, 3.05) is 14.2 Å². The number of ether oxygens (including phenoxy) is 2. The molecule has 0 spiro atoms. The summed E-state index contributed by atoms with van der Waals surface area (Å²) >= 11 is 0. The van der Waals surface area contributed by atoms with Crippen LogP contribution in [0.1, 0.15) is 12.5 Å². The number of hydrogen-bond donors (Lipinski definition) is 0. The molecule has 1 rings (SSSR count). The first kappa shape index (κ1) is 15.8. The van der Waals surface area contributed by atoms with Crippen LogP contribution in [0, 0.1) is 0 Å². The van der Waals surface area contributed by atoms with Crippen LogP contribution in [0.3, 0.4) is 0 Å². The highest BCUT2D eigenvalue weighted by Gasteiger charge is 2.06. The molecule has 0 aliphatic carbocycles. The molecule has 0 saturated heterocycles. The van der Waals surface area contributed by atoms with Crippen molar-refractivity contribution in [1.82, 2.24) is 0 Å². The Hall–Kier alpha value is -2.29. The summed E-state index contributed by atoms with van der Waals surface area (Å²) in [5, 5.41) is 0. The minimum Gasteiger partial charge on any atom is -0.493 e. The summed E-state index contributed by atoms with van der Waals surface area (Å²) in [5.41, 5.74) is 1.65. The molecule has 0 aliphatic rings. The van der Waals surface area contributed by atoms with Crippen molar-refractivity contribution in [3.8, 4) is 11.5 Å². The molecule has 0 aliphatic heterocycles. The molecule has 0 unspecified atom stereocenters. The Bertz CT molecular complexity index is 554. The molecule has 0 bridgehead atoms. The fourth-order valence-corrected chi connectivity index (χ4v) is 1.69. The van der Waals surface area contributed by atoms with Gasteiger partial charge in [-0.3, -0.25) is 0 Å². The molecule has 106 valence electrons. The number of para-hydroxylation sites is 1. The minimum absolute atomic E-state index is 0.334. The third-order valence-corrected chi connectivity index (χ3v) is 2.60. The summed E-state index contributed by atoms with van der Waals surface area (Å²) < 4.78 is 23.8. The Morgan fingerprint density at radius 1 is 1.25 bits per heavy atom. The third kappa shape index (κ3) is 4.43. The van der Waals surface area contributed by atoms with E-state index in [1.165, 1.54) is 18.2 Å². The Morgan fingerprint density at radius 2 is 2.00 bits per heavy atom. The van der Waals surface area contributed by atoms with Gasteiger partial charge in [0.25, 0.3) is 0 Å². The minimum atomic E-state index is -0.334. The fourth-order valence-electron chi connectivity index (χ4n) is 1.69. The Kier molecular flexibility index (Phi) is 6.30. The molecule has 0 amide bonds. The first-order chi connectivity index (χ1) is 9.62. The Labute approximate surface area is 119 Å². The highest BCUT2D eigenvalue weighted by Crippen LogP contribution is 2.31. The van der Waals surface area contributed by atoms with Gasteiger partial charge in [-0.1, -0.05) is 36.9 Å². The van der Waals surface area contributed by atoms with Gasteiger partial charge in [-0.15, -0.1) is 0 Å². The van der Waals surface area contributed by atoms with Gasteiger partial charge in [0, 0.05) is 5.56 Å². The molecule has 0 radical (unpaired) electrons. The summed E-state index contributed by atoms with van der Waals surface area (Å²) in [6, 6.07) is 5.60. The molecular formula is C17H19FO2. The van der Waals surface area contributed by atoms with Crippen molar-refractivity contribution in [3.05, 3.63) is 66.0 Å². The molecular weight excluding hydrogens is 255 g/mol. The quantitative estimate of drug-likeness (QED) is 0.700. The second-order valence-electron chi connectivity index (χ2n) is 4.09. The molecule has 1 aromatic carbocycles. The largest absolute Gasteiger partial charge is 0.493 e. The maximum Gasteiger partial charge on any atom is 0.167 e. The molecule has 0 saturated carbocycles. The van der Waals surface area contributed by atoms with Gasteiger partial charge in [0.2, 0.25) is 0 Å². The zero-order chi connectivity index (χ0) is 15.0. The van der Waals surface area contributed by atoms with Crippen molar-refractivity contribution in [2.24, 2.45) is 0 Å². The van der Waals surface area contributed by atoms with E-state index < -0.39 is 0 Å². The van der Waals surface area contributed by atoms with Gasteiger partial charge in [-0.25, -0.2) is 4.39 Å². The first-order valence-corrected chi connectivity index (χ1v) is 6.18. The molecule has 0 heterocycles. The molecule has 1 aromatic rings. The van der Waals surface area contributed by atoms with Crippen LogP contribution in [0.15, 0.2) is 60.5 Å². The van der Waals surface area contributed by atoms with Crippen LogP contribution in [0.5, 0.6) is 11.5 Å². The normalized spacial score (nSPS) is 12.6. The van der Waals surface area contributed by atoms with E-state index in [-0.39, 0.29) is 5.83 Å². The number of allylic oxidation sites excluding steroid dienone is 6. The summed E-state index contributed by atoms with van der Waals surface area (Å²) in [7, 11) is 3.18. The van der Waals surface area contributed by atoms with Crippen LogP contribution in [0.2, 0.25) is 0 Å². The van der Waals surface area contributed by atoms with Crippen molar-refractivity contribution in [1.29, 1.82) is 0 Å². The van der Waals surface area contributed by atoms with E-state index in [0.717, 1.165) is 11.1 Å². The third-order valence-electron chi connectivity index (χ3n) is 2.60. The standard InChI is InChI=1S/C17H19FO2/c1-5-7-15(18)12-13(2)10-11-14-8-6-9-16(19-3)17(14)20-4/h5-12H,1H2,2-4H3/b11-10+,13-12+,15-7+. The summed E-state index contributed by atoms with van der Waals surface area (Å²) in [5.74, 6) is 0.981. The van der Waals surface area contributed by atoms with Crippen LogP contribution in [-0.2, 0) is 0 Å². The topological polar surface area (TPSA) is 18.5 Å². The van der Waals surface area contributed by atoms with Crippen LogP contribution in [-0.4, -0.2) is 14.2 Å². The molecule has 3 heteroatoms. The maximum absolute atomic E-state index is 13.3. The second kappa shape index (κ2) is 8.00. The van der Waals surface area contributed by atoms with E-state index in [9.17, 15) is 4.39 Å². The lowest BCUT2D eigenvalue weighted by atomic mass is 10.1. The first-order valence-electron chi connectivity index (χ1n) is 6.18. The number of methoxy groups -OCH3 is 2. The monoisotopic (exact) mass is 274 g/mol. The Morgan fingerprint density at radius 3 is 2.60 bits per heavy atom. The molecule has 0 atom stereocenters. The van der Waals surface area contributed by atoms with E-state index in [1.54, 1.807) is 14.2 Å². The number of hydrogen-bond acceptors (Lipinski definition) is 2. The summed E-state index contributed by atoms with van der Waals surface area (Å²) in [6.45, 7) is 5.27. The van der Waals surface area contributed by atoms with Crippen LogP contribution in [0.4, 0.5) is 4.39 Å². The SMILES string of the molecule is C=C\C=C(F)/C=C(C)/C=C/c1cccc(OC)c1OC. The van der Waals surface area contributed by atoms with Crippen LogP contribution in [0.25, 0.3) is 6.08 Å². The lowest BCUT2D eigenvalue weighted by molar-refractivity contribution is 0.354. The van der Waals surface area contributed by atoms with E-state index in [0.29, 0.717) is 11.5 Å². The average Bonchev–Trinajstić information content (AvgIpc) is 2.44. The van der Waals surface area contributed by atoms with Gasteiger partial charge < -0.3 is 9.47 Å². The second-order valence-corrected chi connectivity index (χ2v) is 4.09. The van der Waals surface area contributed by atoms with E-state index in [1.807, 2.05) is 37.3 Å². The zero-order valence-electron chi connectivity index (χ0n) is 12.0. The van der Waals surface area contributed by atoms with Crippen molar-refractivity contribution >= 4 is 6.08 Å².